The Balaban J connectivity index is 2.76. The molecule has 0 radical (unpaired) electrons. The van der Waals surface area contributed by atoms with E-state index in [1.165, 1.54) is 14.0 Å². The quantitative estimate of drug-likeness (QED) is 0.787. The van der Waals surface area contributed by atoms with E-state index < -0.39 is 12.0 Å². The molecule has 6 nitrogen and oxygen atoms in total. The number of hydrogen-bond donors (Lipinski definition) is 2. The molecule has 1 atom stereocenters. The van der Waals surface area contributed by atoms with E-state index in [1.807, 2.05) is 13.8 Å². The molecule has 120 valence electrons. The van der Waals surface area contributed by atoms with E-state index in [2.05, 4.69) is 10.6 Å². The maximum absolute atomic E-state index is 12.2. The van der Waals surface area contributed by atoms with Crippen molar-refractivity contribution in [2.75, 3.05) is 12.4 Å². The highest BCUT2D eigenvalue weighted by Gasteiger charge is 2.23. The van der Waals surface area contributed by atoms with Crippen molar-refractivity contribution >= 4 is 23.5 Å². The Kier molecular flexibility index (Phi) is 6.56. The number of anilines is 1. The molecule has 0 aromatic heterocycles. The highest BCUT2D eigenvalue weighted by Crippen LogP contribution is 2.11. The van der Waals surface area contributed by atoms with Crippen LogP contribution in [0.1, 0.15) is 37.6 Å². The number of ether oxygens (including phenoxy) is 1. The van der Waals surface area contributed by atoms with Crippen molar-refractivity contribution < 1.29 is 19.1 Å². The summed E-state index contributed by atoms with van der Waals surface area (Å²) in [4.78, 5) is 34.8. The maximum atomic E-state index is 12.2. The molecule has 1 aromatic carbocycles. The molecule has 6 heteroatoms. The topological polar surface area (TPSA) is 84.5 Å². The molecule has 0 aliphatic heterocycles. The predicted octanol–water partition coefficient (Wildman–Crippen LogP) is 1.96. The van der Waals surface area contributed by atoms with Gasteiger partial charge in [-0.15, -0.1) is 0 Å². The Bertz CT molecular complexity index is 538. The minimum absolute atomic E-state index is 0.181. The van der Waals surface area contributed by atoms with Crippen molar-refractivity contribution in [2.45, 2.75) is 33.2 Å². The maximum Gasteiger partial charge on any atom is 0.328 e. The van der Waals surface area contributed by atoms with Crippen LogP contribution in [-0.2, 0) is 14.3 Å². The number of benzene rings is 1. The summed E-state index contributed by atoms with van der Waals surface area (Å²) in [5.74, 6) is -0.756. The van der Waals surface area contributed by atoms with E-state index in [4.69, 9.17) is 4.74 Å². The number of carbonyl (C=O) groups excluding carboxylic acids is 3. The van der Waals surface area contributed by atoms with Gasteiger partial charge in [-0.1, -0.05) is 13.8 Å². The van der Waals surface area contributed by atoms with Crippen LogP contribution in [-0.4, -0.2) is 30.9 Å². The van der Waals surface area contributed by atoms with E-state index in [9.17, 15) is 14.4 Å². The standard InChI is InChI=1S/C16H22N2O4/c1-10(2)9-14(16(21)22-4)18-15(20)12-5-7-13(8-6-12)17-11(3)19/h5-8,10,14H,9H2,1-4H3,(H,17,19)(H,18,20)/t14-/m1/s1. The van der Waals surface area contributed by atoms with Gasteiger partial charge < -0.3 is 15.4 Å². The zero-order valence-corrected chi connectivity index (χ0v) is 13.3. The summed E-state index contributed by atoms with van der Waals surface area (Å²) in [6.07, 6.45) is 0.502. The third kappa shape index (κ3) is 5.55. The average Bonchev–Trinajstić information content (AvgIpc) is 2.45. The summed E-state index contributed by atoms with van der Waals surface area (Å²) < 4.78 is 4.71. The Morgan fingerprint density at radius 2 is 1.73 bits per heavy atom. The van der Waals surface area contributed by atoms with E-state index in [0.717, 1.165) is 0 Å². The van der Waals surface area contributed by atoms with E-state index in [-0.39, 0.29) is 17.7 Å². The van der Waals surface area contributed by atoms with Crippen molar-refractivity contribution in [1.29, 1.82) is 0 Å². The fourth-order valence-electron chi connectivity index (χ4n) is 1.98. The molecule has 0 saturated carbocycles. The smallest absolute Gasteiger partial charge is 0.328 e. The number of carbonyl (C=O) groups is 3. The normalized spacial score (nSPS) is 11.7. The summed E-state index contributed by atoms with van der Waals surface area (Å²) in [6.45, 7) is 5.34. The van der Waals surface area contributed by atoms with E-state index in [0.29, 0.717) is 17.7 Å². The van der Waals surface area contributed by atoms with Crippen molar-refractivity contribution in [1.82, 2.24) is 5.32 Å². The van der Waals surface area contributed by atoms with Gasteiger partial charge in [-0.25, -0.2) is 4.79 Å². The third-order valence-corrected chi connectivity index (χ3v) is 2.97. The second-order valence-electron chi connectivity index (χ2n) is 5.44. The first-order valence-electron chi connectivity index (χ1n) is 7.09. The molecule has 22 heavy (non-hydrogen) atoms. The Labute approximate surface area is 130 Å². The number of methoxy groups -OCH3 is 1. The summed E-state index contributed by atoms with van der Waals surface area (Å²) in [5, 5.41) is 5.30. The highest BCUT2D eigenvalue weighted by molar-refractivity contribution is 5.97. The molecule has 0 heterocycles. The van der Waals surface area contributed by atoms with Gasteiger partial charge in [0.05, 0.1) is 7.11 Å². The zero-order valence-electron chi connectivity index (χ0n) is 13.3. The Hall–Kier alpha value is -2.37. The van der Waals surface area contributed by atoms with E-state index in [1.54, 1.807) is 24.3 Å². The largest absolute Gasteiger partial charge is 0.467 e. The van der Waals surface area contributed by atoms with Crippen LogP contribution in [0.15, 0.2) is 24.3 Å². The summed E-state index contributed by atoms with van der Waals surface area (Å²) >= 11 is 0. The first-order chi connectivity index (χ1) is 10.3. The Morgan fingerprint density at radius 1 is 1.14 bits per heavy atom. The molecule has 2 amide bonds. The molecule has 0 bridgehead atoms. The van der Waals surface area contributed by atoms with Crippen molar-refractivity contribution in [3.63, 3.8) is 0 Å². The number of esters is 1. The van der Waals surface area contributed by atoms with Crippen molar-refractivity contribution in [3.05, 3.63) is 29.8 Å². The molecule has 0 spiro atoms. The number of amides is 2. The van der Waals surface area contributed by atoms with Gasteiger partial charge in [0.15, 0.2) is 0 Å². The average molecular weight is 306 g/mol. The van der Waals surface area contributed by atoms with Gasteiger partial charge in [-0.2, -0.15) is 0 Å². The molecular formula is C16H22N2O4. The molecule has 0 aliphatic carbocycles. The molecular weight excluding hydrogens is 284 g/mol. The molecule has 0 saturated heterocycles. The third-order valence-electron chi connectivity index (χ3n) is 2.97. The van der Waals surface area contributed by atoms with Crippen molar-refractivity contribution in [3.8, 4) is 0 Å². The first kappa shape index (κ1) is 17.7. The Morgan fingerprint density at radius 3 is 2.18 bits per heavy atom. The molecule has 0 aliphatic rings. The lowest BCUT2D eigenvalue weighted by molar-refractivity contribution is -0.143. The highest BCUT2D eigenvalue weighted by atomic mass is 16.5. The summed E-state index contributed by atoms with van der Waals surface area (Å²) in [5.41, 5.74) is 1.02. The van der Waals surface area contributed by atoms with Gasteiger partial charge in [-0.05, 0) is 36.6 Å². The minimum atomic E-state index is -0.674. The SMILES string of the molecule is COC(=O)[C@@H](CC(C)C)NC(=O)c1ccc(NC(C)=O)cc1. The van der Waals surface area contributed by atoms with Crippen LogP contribution in [0.25, 0.3) is 0 Å². The zero-order chi connectivity index (χ0) is 16.7. The van der Waals surface area contributed by atoms with Gasteiger partial charge in [0.1, 0.15) is 6.04 Å². The molecule has 1 rings (SSSR count). The summed E-state index contributed by atoms with van der Waals surface area (Å²) in [6, 6.07) is 5.76. The lowest BCUT2D eigenvalue weighted by Crippen LogP contribution is -2.42. The van der Waals surface area contributed by atoms with Gasteiger partial charge >= 0.3 is 5.97 Å². The van der Waals surface area contributed by atoms with Gasteiger partial charge in [0.25, 0.3) is 5.91 Å². The van der Waals surface area contributed by atoms with Crippen LogP contribution in [0.4, 0.5) is 5.69 Å². The molecule has 0 fully saturated rings. The second-order valence-corrected chi connectivity index (χ2v) is 5.44. The number of nitrogens with one attached hydrogen (secondary N) is 2. The van der Waals surface area contributed by atoms with Crippen LogP contribution in [0, 0.1) is 5.92 Å². The van der Waals surface area contributed by atoms with Crippen LogP contribution in [0.3, 0.4) is 0 Å². The first-order valence-corrected chi connectivity index (χ1v) is 7.09. The number of hydrogen-bond acceptors (Lipinski definition) is 4. The van der Waals surface area contributed by atoms with Crippen molar-refractivity contribution in [2.24, 2.45) is 5.92 Å². The van der Waals surface area contributed by atoms with Crippen LogP contribution in [0.2, 0.25) is 0 Å². The molecule has 2 N–H and O–H groups in total. The van der Waals surface area contributed by atoms with Gasteiger partial charge in [0.2, 0.25) is 5.91 Å². The second kappa shape index (κ2) is 8.17. The van der Waals surface area contributed by atoms with Crippen LogP contribution >= 0.6 is 0 Å². The number of rotatable bonds is 6. The fraction of sp³-hybridized carbons (Fsp3) is 0.438. The molecule has 1 aromatic rings. The predicted molar refractivity (Wildman–Crippen MR) is 83.5 cm³/mol. The fourth-order valence-corrected chi connectivity index (χ4v) is 1.98. The van der Waals surface area contributed by atoms with Gasteiger partial charge in [0, 0.05) is 18.2 Å². The molecule has 0 unspecified atom stereocenters. The van der Waals surface area contributed by atoms with Crippen LogP contribution < -0.4 is 10.6 Å². The lowest BCUT2D eigenvalue weighted by Gasteiger charge is -2.18. The van der Waals surface area contributed by atoms with E-state index >= 15 is 0 Å². The lowest BCUT2D eigenvalue weighted by atomic mass is 10.0. The minimum Gasteiger partial charge on any atom is -0.467 e. The van der Waals surface area contributed by atoms with Gasteiger partial charge in [-0.3, -0.25) is 9.59 Å². The monoisotopic (exact) mass is 306 g/mol. The van der Waals surface area contributed by atoms with Crippen LogP contribution in [0.5, 0.6) is 0 Å². The summed E-state index contributed by atoms with van der Waals surface area (Å²) in [7, 11) is 1.30.